The van der Waals surface area contributed by atoms with Crippen LogP contribution in [0.3, 0.4) is 0 Å². The van der Waals surface area contributed by atoms with Gasteiger partial charge in [-0.15, -0.1) is 0 Å². The summed E-state index contributed by atoms with van der Waals surface area (Å²) in [5, 5.41) is 0. The molecule has 0 aliphatic carbocycles. The number of cyclic esters (lactones) is 1. The second-order valence-corrected chi connectivity index (χ2v) is 4.64. The molecule has 4 heteroatoms. The van der Waals surface area contributed by atoms with Gasteiger partial charge in [0, 0.05) is 6.42 Å². The summed E-state index contributed by atoms with van der Waals surface area (Å²) in [6, 6.07) is 8.59. The fraction of sp³-hybridized carbons (Fsp3) is 0.385. The van der Waals surface area contributed by atoms with E-state index < -0.39 is 23.6 Å². The van der Waals surface area contributed by atoms with E-state index in [0.29, 0.717) is 12.0 Å². The van der Waals surface area contributed by atoms with E-state index in [0.717, 1.165) is 0 Å². The van der Waals surface area contributed by atoms with E-state index in [2.05, 4.69) is 0 Å². The summed E-state index contributed by atoms with van der Waals surface area (Å²) in [6.07, 6.45) is -0.401. The molecule has 2 rings (SSSR count). The summed E-state index contributed by atoms with van der Waals surface area (Å²) in [6.45, 7) is 3.59. The van der Waals surface area contributed by atoms with E-state index in [4.69, 9.17) is 9.47 Å². The molecule has 0 radical (unpaired) electrons. The predicted molar refractivity (Wildman–Crippen MR) is 60.4 cm³/mol. The smallest absolute Gasteiger partial charge is 0.348 e. The second kappa shape index (κ2) is 4.20. The Morgan fingerprint density at radius 3 is 2.53 bits per heavy atom. The molecule has 1 aromatic carbocycles. The van der Waals surface area contributed by atoms with Crippen molar-refractivity contribution in [1.82, 2.24) is 0 Å². The van der Waals surface area contributed by atoms with Crippen LogP contribution in [0.25, 0.3) is 0 Å². The molecule has 1 heterocycles. The van der Waals surface area contributed by atoms with Gasteiger partial charge in [-0.25, -0.2) is 9.59 Å². The van der Waals surface area contributed by atoms with Gasteiger partial charge in [0.1, 0.15) is 5.60 Å². The largest absolute Gasteiger partial charge is 0.457 e. The van der Waals surface area contributed by atoms with Gasteiger partial charge in [0.15, 0.2) is 0 Å². The van der Waals surface area contributed by atoms with Crippen LogP contribution in [0, 0.1) is 0 Å². The molecule has 0 spiro atoms. The van der Waals surface area contributed by atoms with Crippen LogP contribution >= 0.6 is 0 Å². The number of esters is 2. The lowest BCUT2D eigenvalue weighted by atomic mass is 10.0. The van der Waals surface area contributed by atoms with Gasteiger partial charge in [-0.05, 0) is 26.0 Å². The van der Waals surface area contributed by atoms with Crippen molar-refractivity contribution in [3.8, 4) is 0 Å². The second-order valence-electron chi connectivity index (χ2n) is 4.64. The van der Waals surface area contributed by atoms with E-state index in [-0.39, 0.29) is 0 Å². The Labute approximate surface area is 99.5 Å². The van der Waals surface area contributed by atoms with Gasteiger partial charge in [-0.1, -0.05) is 18.2 Å². The van der Waals surface area contributed by atoms with Crippen LogP contribution < -0.4 is 0 Å². The van der Waals surface area contributed by atoms with Gasteiger partial charge in [0.25, 0.3) is 0 Å². The average Bonchev–Trinajstić information content (AvgIpc) is 2.53. The first kappa shape index (κ1) is 11.6. The van der Waals surface area contributed by atoms with Gasteiger partial charge in [0.05, 0.1) is 5.56 Å². The molecule has 0 amide bonds. The minimum atomic E-state index is -0.794. The monoisotopic (exact) mass is 234 g/mol. The van der Waals surface area contributed by atoms with E-state index in [9.17, 15) is 9.59 Å². The van der Waals surface area contributed by atoms with Crippen LogP contribution in [0.15, 0.2) is 30.3 Å². The van der Waals surface area contributed by atoms with Crippen molar-refractivity contribution in [3.63, 3.8) is 0 Å². The first-order chi connectivity index (χ1) is 7.98. The summed E-state index contributed by atoms with van der Waals surface area (Å²) in [4.78, 5) is 23.2. The van der Waals surface area contributed by atoms with Crippen LogP contribution in [0.1, 0.15) is 30.6 Å². The third-order valence-electron chi connectivity index (χ3n) is 2.58. The Balaban J connectivity index is 2.03. The van der Waals surface area contributed by atoms with E-state index >= 15 is 0 Å². The molecule has 0 unspecified atom stereocenters. The van der Waals surface area contributed by atoms with Crippen LogP contribution in [0.4, 0.5) is 0 Å². The van der Waals surface area contributed by atoms with Crippen molar-refractivity contribution in [2.45, 2.75) is 32.0 Å². The number of rotatable bonds is 2. The van der Waals surface area contributed by atoms with Crippen LogP contribution in [0.2, 0.25) is 0 Å². The molecule has 1 atom stereocenters. The maximum Gasteiger partial charge on any atom is 0.348 e. The third kappa shape index (κ3) is 2.64. The maximum absolute atomic E-state index is 11.7. The zero-order chi connectivity index (χ0) is 12.5. The Hall–Kier alpha value is -1.84. The highest BCUT2D eigenvalue weighted by molar-refractivity contribution is 5.91. The number of ether oxygens (including phenoxy) is 2. The minimum absolute atomic E-state index is 0.393. The summed E-state index contributed by atoms with van der Waals surface area (Å²) in [5.41, 5.74) is -0.122. The van der Waals surface area contributed by atoms with E-state index in [1.807, 2.05) is 6.07 Å². The Bertz CT molecular complexity index is 436. The van der Waals surface area contributed by atoms with E-state index in [1.165, 1.54) is 0 Å². The minimum Gasteiger partial charge on any atom is -0.457 e. The lowest BCUT2D eigenvalue weighted by Crippen LogP contribution is -2.23. The van der Waals surface area contributed by atoms with Crippen LogP contribution in [-0.4, -0.2) is 23.6 Å². The van der Waals surface area contributed by atoms with Crippen molar-refractivity contribution in [2.75, 3.05) is 0 Å². The molecule has 1 aliphatic rings. The summed E-state index contributed by atoms with van der Waals surface area (Å²) < 4.78 is 10.2. The topological polar surface area (TPSA) is 52.6 Å². The average molecular weight is 234 g/mol. The number of benzene rings is 1. The molecular weight excluding hydrogens is 220 g/mol. The highest BCUT2D eigenvalue weighted by Gasteiger charge is 2.42. The van der Waals surface area contributed by atoms with E-state index in [1.54, 1.807) is 38.1 Å². The summed E-state index contributed by atoms with van der Waals surface area (Å²) in [5.74, 6) is -0.968. The lowest BCUT2D eigenvalue weighted by molar-refractivity contribution is -0.151. The summed E-state index contributed by atoms with van der Waals surface area (Å²) in [7, 11) is 0. The fourth-order valence-corrected chi connectivity index (χ4v) is 1.77. The molecule has 4 nitrogen and oxygen atoms in total. The summed E-state index contributed by atoms with van der Waals surface area (Å²) >= 11 is 0. The van der Waals surface area contributed by atoms with Gasteiger partial charge in [-0.2, -0.15) is 0 Å². The zero-order valence-electron chi connectivity index (χ0n) is 9.80. The number of carbonyl (C=O) groups is 2. The van der Waals surface area contributed by atoms with Gasteiger partial charge >= 0.3 is 11.9 Å². The highest BCUT2D eigenvalue weighted by Crippen LogP contribution is 2.28. The number of hydrogen-bond acceptors (Lipinski definition) is 4. The Morgan fingerprint density at radius 1 is 1.35 bits per heavy atom. The van der Waals surface area contributed by atoms with Crippen LogP contribution in [0.5, 0.6) is 0 Å². The van der Waals surface area contributed by atoms with Crippen molar-refractivity contribution in [1.29, 1.82) is 0 Å². The van der Waals surface area contributed by atoms with Gasteiger partial charge < -0.3 is 9.47 Å². The zero-order valence-corrected chi connectivity index (χ0v) is 9.80. The number of hydrogen-bond donors (Lipinski definition) is 0. The highest BCUT2D eigenvalue weighted by atomic mass is 16.6. The quantitative estimate of drug-likeness (QED) is 0.734. The molecule has 1 saturated heterocycles. The van der Waals surface area contributed by atoms with Crippen molar-refractivity contribution >= 4 is 11.9 Å². The number of carbonyl (C=O) groups excluding carboxylic acids is 2. The lowest BCUT2D eigenvalue weighted by Gasteiger charge is -2.14. The SMILES string of the molecule is CC1(C)C[C@@H](OC(=O)c2ccccc2)C(=O)O1. The molecule has 0 N–H and O–H groups in total. The first-order valence-corrected chi connectivity index (χ1v) is 5.47. The maximum atomic E-state index is 11.7. The molecule has 1 aliphatic heterocycles. The van der Waals surface area contributed by atoms with Gasteiger partial charge in [-0.3, -0.25) is 0 Å². The molecule has 17 heavy (non-hydrogen) atoms. The van der Waals surface area contributed by atoms with Gasteiger partial charge in [0.2, 0.25) is 6.10 Å². The standard InChI is InChI=1S/C13H14O4/c1-13(2)8-10(12(15)17-13)16-11(14)9-6-4-3-5-7-9/h3-7,10H,8H2,1-2H3/t10-/m1/s1. The third-order valence-corrected chi connectivity index (χ3v) is 2.58. The molecule has 1 aromatic rings. The van der Waals surface area contributed by atoms with Crippen molar-refractivity contribution in [2.24, 2.45) is 0 Å². The molecular formula is C13H14O4. The van der Waals surface area contributed by atoms with Crippen molar-refractivity contribution < 1.29 is 19.1 Å². The molecule has 90 valence electrons. The fourth-order valence-electron chi connectivity index (χ4n) is 1.77. The van der Waals surface area contributed by atoms with Crippen molar-refractivity contribution in [3.05, 3.63) is 35.9 Å². The molecule has 0 bridgehead atoms. The normalized spacial score (nSPS) is 22.0. The Kier molecular flexibility index (Phi) is 2.88. The molecule has 0 aromatic heterocycles. The van der Waals surface area contributed by atoms with Crippen LogP contribution in [-0.2, 0) is 14.3 Å². The Morgan fingerprint density at radius 2 is 2.00 bits per heavy atom. The predicted octanol–water partition coefficient (Wildman–Crippen LogP) is 1.94. The molecule has 1 fully saturated rings. The molecule has 0 saturated carbocycles. The first-order valence-electron chi connectivity index (χ1n) is 5.47.